The lowest BCUT2D eigenvalue weighted by molar-refractivity contribution is -0.136. The summed E-state index contributed by atoms with van der Waals surface area (Å²) in [5.74, 6) is -0.233. The van der Waals surface area contributed by atoms with Crippen LogP contribution in [-0.4, -0.2) is 51.9 Å². The predicted molar refractivity (Wildman–Crippen MR) is 228 cm³/mol. The zero-order chi connectivity index (χ0) is 42.1. The third kappa shape index (κ3) is 10.2. The highest BCUT2D eigenvalue weighted by atomic mass is 16.6. The second kappa shape index (κ2) is 18.8. The van der Waals surface area contributed by atoms with Gasteiger partial charge < -0.3 is 28.4 Å². The number of carbonyl (C=O) groups is 4. The molecule has 0 amide bonds. The molecule has 0 spiro atoms. The van der Waals surface area contributed by atoms with Crippen LogP contribution in [0.25, 0.3) is 33.7 Å². The van der Waals surface area contributed by atoms with Gasteiger partial charge >= 0.3 is 11.9 Å². The predicted octanol–water partition coefficient (Wildman–Crippen LogP) is 9.70. The van der Waals surface area contributed by atoms with Crippen LogP contribution in [0.15, 0.2) is 121 Å². The topological polar surface area (TPSA) is 124 Å². The molecule has 0 bridgehead atoms. The zero-order valence-corrected chi connectivity index (χ0v) is 33.6. The van der Waals surface area contributed by atoms with Crippen LogP contribution in [0.3, 0.4) is 0 Å². The number of benzene rings is 6. The number of methoxy groups -OCH3 is 4. The molecular weight excluding hydrogens is 749 g/mol. The number of fused-ring (bicyclic) bond motifs is 2. The number of allylic oxidation sites excluding steroid dienone is 2. The van der Waals surface area contributed by atoms with E-state index in [4.69, 9.17) is 28.4 Å². The number of ether oxygens (including phenoxy) is 6. The molecule has 0 radical (unpaired) electrons. The lowest BCUT2D eigenvalue weighted by Crippen LogP contribution is -2.16. The van der Waals surface area contributed by atoms with Gasteiger partial charge in [-0.2, -0.15) is 0 Å². The number of ketones is 2. The van der Waals surface area contributed by atoms with E-state index in [1.165, 1.54) is 26.4 Å². The fourth-order valence-electron chi connectivity index (χ4n) is 6.36. The maximum atomic E-state index is 13.1. The van der Waals surface area contributed by atoms with Crippen molar-refractivity contribution in [3.63, 3.8) is 0 Å². The Bertz CT molecular complexity index is 2420. The van der Waals surface area contributed by atoms with E-state index in [1.54, 1.807) is 76.6 Å². The van der Waals surface area contributed by atoms with Crippen LogP contribution in [0, 0.1) is 0 Å². The first kappa shape index (κ1) is 41.4. The first-order valence-electron chi connectivity index (χ1n) is 18.8. The molecule has 0 aliphatic rings. The Hall–Kier alpha value is -7.20. The Kier molecular flexibility index (Phi) is 13.2. The maximum absolute atomic E-state index is 13.1. The van der Waals surface area contributed by atoms with Crippen LogP contribution < -0.4 is 28.4 Å². The van der Waals surface area contributed by atoms with Crippen molar-refractivity contribution in [3.05, 3.63) is 144 Å². The molecule has 0 aromatic heterocycles. The summed E-state index contributed by atoms with van der Waals surface area (Å²) in [6.45, 7) is 3.55. The quantitative estimate of drug-likeness (QED) is 0.0405. The highest BCUT2D eigenvalue weighted by Gasteiger charge is 2.22. The number of esters is 2. The molecule has 59 heavy (non-hydrogen) atoms. The molecule has 0 aliphatic carbocycles. The minimum Gasteiger partial charge on any atom is -0.497 e. The van der Waals surface area contributed by atoms with Crippen LogP contribution >= 0.6 is 0 Å². The van der Waals surface area contributed by atoms with Crippen molar-refractivity contribution < 1.29 is 47.6 Å². The van der Waals surface area contributed by atoms with E-state index < -0.39 is 35.3 Å². The average Bonchev–Trinajstić information content (AvgIpc) is 3.26. The van der Waals surface area contributed by atoms with Crippen molar-refractivity contribution in [3.8, 4) is 34.5 Å². The molecule has 0 N–H and O–H groups in total. The third-order valence-corrected chi connectivity index (χ3v) is 9.92. The standard InChI is InChI=1S/C49H44O10/c1-30(34-11-13-38-27-42(54-3)19-15-36(38)25-34)48(52)58-44-21-9-32(23-46(44)56-5)7-17-40(50)29-41(51)18-8-33-10-22-45(47(24-33)57-6)59-49(53)31(2)35-12-14-39-28-43(55-4)20-16-37(39)26-35/h7-28,30-31H,29H2,1-6H3/b17-7+,18-8+/t30-,31-/m1/s1. The van der Waals surface area contributed by atoms with Crippen LogP contribution in [0.1, 0.15) is 54.4 Å². The van der Waals surface area contributed by atoms with Crippen LogP contribution in [0.5, 0.6) is 34.5 Å². The summed E-state index contributed by atoms with van der Waals surface area (Å²) in [4.78, 5) is 51.7. The summed E-state index contributed by atoms with van der Waals surface area (Å²) in [6.07, 6.45) is 5.39. The first-order chi connectivity index (χ1) is 28.5. The van der Waals surface area contributed by atoms with Gasteiger partial charge in [0.25, 0.3) is 0 Å². The zero-order valence-electron chi connectivity index (χ0n) is 33.6. The number of hydrogen-bond acceptors (Lipinski definition) is 10. The monoisotopic (exact) mass is 792 g/mol. The molecule has 2 atom stereocenters. The van der Waals surface area contributed by atoms with E-state index >= 15 is 0 Å². The molecule has 300 valence electrons. The molecule has 0 aliphatic heterocycles. The highest BCUT2D eigenvalue weighted by Crippen LogP contribution is 2.33. The second-order valence-corrected chi connectivity index (χ2v) is 13.8. The smallest absolute Gasteiger partial charge is 0.318 e. The molecule has 0 heterocycles. The summed E-state index contributed by atoms with van der Waals surface area (Å²) in [5, 5.41) is 3.94. The minimum absolute atomic E-state index is 0.235. The van der Waals surface area contributed by atoms with Crippen LogP contribution in [0.4, 0.5) is 0 Å². The Morgan fingerprint density at radius 1 is 0.458 bits per heavy atom. The van der Waals surface area contributed by atoms with Crippen molar-refractivity contribution in [1.29, 1.82) is 0 Å². The molecule has 0 saturated heterocycles. The Labute approximate surface area is 342 Å². The third-order valence-electron chi connectivity index (χ3n) is 9.92. The van der Waals surface area contributed by atoms with Crippen molar-refractivity contribution >= 4 is 57.2 Å². The van der Waals surface area contributed by atoms with E-state index in [-0.39, 0.29) is 17.9 Å². The largest absolute Gasteiger partial charge is 0.497 e. The SMILES string of the molecule is COc1ccc2cc([C@@H](C)C(=O)Oc3ccc(/C=C/C(=O)CC(=O)/C=C/c4ccc(OC(=O)[C@H](C)c5ccc6cc(OC)ccc6c5)c(OC)c4)cc3OC)ccc2c1. The normalized spacial score (nSPS) is 12.3. The molecule has 0 fully saturated rings. The fraction of sp³-hybridized carbons (Fsp3) is 0.184. The molecular formula is C49H44O10. The molecule has 6 aromatic carbocycles. The first-order valence-corrected chi connectivity index (χ1v) is 18.8. The minimum atomic E-state index is -0.552. The fourth-order valence-corrected chi connectivity index (χ4v) is 6.36. The number of hydrogen-bond donors (Lipinski definition) is 0. The van der Waals surface area contributed by atoms with Gasteiger partial charge in [-0.05, 0) is 118 Å². The molecule has 6 rings (SSSR count). The Morgan fingerprint density at radius 2 is 0.847 bits per heavy atom. The van der Waals surface area contributed by atoms with Gasteiger partial charge in [-0.3, -0.25) is 19.2 Å². The molecule has 0 saturated carbocycles. The van der Waals surface area contributed by atoms with E-state index in [1.807, 2.05) is 72.8 Å². The highest BCUT2D eigenvalue weighted by molar-refractivity contribution is 6.11. The van der Waals surface area contributed by atoms with E-state index in [2.05, 4.69) is 0 Å². The van der Waals surface area contributed by atoms with Gasteiger partial charge in [-0.15, -0.1) is 0 Å². The summed E-state index contributed by atoms with van der Waals surface area (Å²) >= 11 is 0. The van der Waals surface area contributed by atoms with Gasteiger partial charge in [0.05, 0.1) is 46.7 Å². The lowest BCUT2D eigenvalue weighted by atomic mass is 9.98. The number of rotatable bonds is 16. The van der Waals surface area contributed by atoms with Gasteiger partial charge in [0.1, 0.15) is 11.5 Å². The van der Waals surface area contributed by atoms with Crippen molar-refractivity contribution in [2.45, 2.75) is 32.1 Å². The molecule has 6 aromatic rings. The van der Waals surface area contributed by atoms with Gasteiger partial charge in [0.2, 0.25) is 0 Å². The van der Waals surface area contributed by atoms with Crippen LogP contribution in [0.2, 0.25) is 0 Å². The lowest BCUT2D eigenvalue weighted by Gasteiger charge is -2.15. The second-order valence-electron chi connectivity index (χ2n) is 13.8. The van der Waals surface area contributed by atoms with E-state index in [0.717, 1.165) is 44.2 Å². The van der Waals surface area contributed by atoms with Crippen LogP contribution in [-0.2, 0) is 19.2 Å². The average molecular weight is 793 g/mol. The van der Waals surface area contributed by atoms with Gasteiger partial charge in [0.15, 0.2) is 34.6 Å². The summed E-state index contributed by atoms with van der Waals surface area (Å²) in [6, 6.07) is 32.9. The van der Waals surface area contributed by atoms with E-state index in [0.29, 0.717) is 22.6 Å². The van der Waals surface area contributed by atoms with Gasteiger partial charge in [0, 0.05) is 0 Å². The van der Waals surface area contributed by atoms with Crippen molar-refractivity contribution in [2.24, 2.45) is 0 Å². The van der Waals surface area contributed by atoms with Gasteiger partial charge in [-0.25, -0.2) is 0 Å². The summed E-state index contributed by atoms with van der Waals surface area (Å²) in [5.41, 5.74) is 2.82. The number of carbonyl (C=O) groups excluding carboxylic acids is 4. The van der Waals surface area contributed by atoms with Crippen molar-refractivity contribution in [1.82, 2.24) is 0 Å². The maximum Gasteiger partial charge on any atom is 0.318 e. The Morgan fingerprint density at radius 3 is 1.24 bits per heavy atom. The summed E-state index contributed by atoms with van der Waals surface area (Å²) < 4.78 is 33.0. The van der Waals surface area contributed by atoms with E-state index in [9.17, 15) is 19.2 Å². The molecule has 10 heteroatoms. The molecule has 0 unspecified atom stereocenters. The van der Waals surface area contributed by atoms with Gasteiger partial charge in [-0.1, -0.05) is 72.8 Å². The summed E-state index contributed by atoms with van der Waals surface area (Å²) in [7, 11) is 6.15. The Balaban J connectivity index is 1.02. The molecule has 10 nitrogen and oxygen atoms in total. The van der Waals surface area contributed by atoms with Crippen molar-refractivity contribution in [2.75, 3.05) is 28.4 Å².